The predicted molar refractivity (Wildman–Crippen MR) is 63.6 cm³/mol. The number of nitrogens with one attached hydrogen (secondary N) is 1. The Morgan fingerprint density at radius 1 is 1.50 bits per heavy atom. The largest absolute Gasteiger partial charge is 0.495 e. The molecule has 88 valence electrons. The van der Waals surface area contributed by atoms with E-state index < -0.39 is 0 Å². The zero-order valence-electron chi connectivity index (χ0n) is 9.99. The second-order valence-corrected chi connectivity index (χ2v) is 3.76. The number of hydrogen-bond acceptors (Lipinski definition) is 2. The zero-order chi connectivity index (χ0) is 12.0. The van der Waals surface area contributed by atoms with Gasteiger partial charge in [0.25, 0.3) is 0 Å². The van der Waals surface area contributed by atoms with Crippen molar-refractivity contribution in [3.63, 3.8) is 0 Å². The summed E-state index contributed by atoms with van der Waals surface area (Å²) in [5.41, 5.74) is 0.721. The average Bonchev–Trinajstić information content (AvgIpc) is 2.29. The molecule has 1 aromatic rings. The van der Waals surface area contributed by atoms with Crippen molar-refractivity contribution in [3.8, 4) is 5.75 Å². The zero-order valence-corrected chi connectivity index (χ0v) is 9.99. The highest BCUT2D eigenvalue weighted by Gasteiger charge is 2.11. The normalized spacial score (nSPS) is 11.9. The number of rotatable bonds is 5. The summed E-state index contributed by atoms with van der Waals surface area (Å²) in [4.78, 5) is 11.7. The van der Waals surface area contributed by atoms with Crippen molar-refractivity contribution in [2.75, 3.05) is 19.5 Å². The fraction of sp³-hybridized carbons (Fsp3) is 0.417. The molecule has 4 nitrogen and oxygen atoms in total. The first-order chi connectivity index (χ1) is 7.67. The number of nitrogens with two attached hydrogens (primary N) is 1. The van der Waals surface area contributed by atoms with E-state index in [1.807, 2.05) is 43.6 Å². The van der Waals surface area contributed by atoms with Crippen LogP contribution in [0.2, 0.25) is 0 Å². The van der Waals surface area contributed by atoms with Crippen LogP contribution in [-0.2, 0) is 4.79 Å². The molecular weight excluding hydrogens is 204 g/mol. The van der Waals surface area contributed by atoms with Crippen LogP contribution in [0.25, 0.3) is 0 Å². The van der Waals surface area contributed by atoms with E-state index in [1.54, 1.807) is 7.11 Å². The molecule has 0 heterocycles. The first-order valence-electron chi connectivity index (χ1n) is 5.39. The molecule has 16 heavy (non-hydrogen) atoms. The summed E-state index contributed by atoms with van der Waals surface area (Å²) in [6.45, 7) is 2.02. The molecule has 0 saturated heterocycles. The highest BCUT2D eigenvalue weighted by atomic mass is 16.5. The number of carbonyl (C=O) groups is 1. The molecule has 0 aliphatic rings. The lowest BCUT2D eigenvalue weighted by molar-refractivity contribution is -0.658. The standard InChI is InChI=1S/C12H18N2O2/c1-9(13-2)8-12(15)14-10-6-4-5-7-11(10)16-3/h4-7,9,13H,8H2,1-3H3,(H,14,15)/p+1/t9-/m1/s1. The van der Waals surface area contributed by atoms with Crippen LogP contribution in [0.5, 0.6) is 5.75 Å². The van der Waals surface area contributed by atoms with Crippen LogP contribution in [0.1, 0.15) is 13.3 Å². The molecule has 3 N–H and O–H groups in total. The Kier molecular flexibility index (Phi) is 4.79. The molecule has 0 radical (unpaired) electrons. The third kappa shape index (κ3) is 3.55. The molecular formula is C12H19N2O2+. The van der Waals surface area contributed by atoms with Crippen LogP contribution >= 0.6 is 0 Å². The molecule has 0 aliphatic carbocycles. The maximum absolute atomic E-state index is 11.7. The molecule has 0 aliphatic heterocycles. The van der Waals surface area contributed by atoms with Crippen LogP contribution in [0, 0.1) is 0 Å². The van der Waals surface area contributed by atoms with E-state index in [9.17, 15) is 4.79 Å². The number of para-hydroxylation sites is 2. The summed E-state index contributed by atoms with van der Waals surface area (Å²) < 4.78 is 5.15. The summed E-state index contributed by atoms with van der Waals surface area (Å²) in [6.07, 6.45) is 0.495. The second-order valence-electron chi connectivity index (χ2n) is 3.76. The van der Waals surface area contributed by atoms with Gasteiger partial charge in [0.05, 0.1) is 32.3 Å². The monoisotopic (exact) mass is 223 g/mol. The van der Waals surface area contributed by atoms with E-state index in [-0.39, 0.29) is 11.9 Å². The quantitative estimate of drug-likeness (QED) is 0.768. The maximum Gasteiger partial charge on any atom is 0.230 e. The van der Waals surface area contributed by atoms with Crippen LogP contribution in [0.4, 0.5) is 5.69 Å². The van der Waals surface area contributed by atoms with Crippen molar-refractivity contribution in [2.24, 2.45) is 0 Å². The van der Waals surface area contributed by atoms with Gasteiger partial charge < -0.3 is 15.4 Å². The van der Waals surface area contributed by atoms with Gasteiger partial charge >= 0.3 is 0 Å². The van der Waals surface area contributed by atoms with Crippen molar-refractivity contribution in [2.45, 2.75) is 19.4 Å². The van der Waals surface area contributed by atoms with E-state index >= 15 is 0 Å². The SMILES string of the molecule is C[NH2+][C@H](C)CC(=O)Nc1ccccc1OC. The Bertz CT molecular complexity index is 353. The summed E-state index contributed by atoms with van der Waals surface area (Å²) in [5.74, 6) is 0.694. The molecule has 0 unspecified atom stereocenters. The van der Waals surface area contributed by atoms with Crippen molar-refractivity contribution < 1.29 is 14.8 Å². The molecule has 0 aromatic heterocycles. The van der Waals surface area contributed by atoms with E-state index in [0.29, 0.717) is 12.2 Å². The second kappa shape index (κ2) is 6.12. The third-order valence-electron chi connectivity index (χ3n) is 2.46. The number of quaternary nitrogens is 1. The van der Waals surface area contributed by atoms with E-state index in [1.165, 1.54) is 0 Å². The molecule has 4 heteroatoms. The molecule has 0 spiro atoms. The molecule has 1 amide bonds. The lowest BCUT2D eigenvalue weighted by Gasteiger charge is -2.11. The van der Waals surface area contributed by atoms with Gasteiger partial charge in [-0.3, -0.25) is 4.79 Å². The summed E-state index contributed by atoms with van der Waals surface area (Å²) in [6, 6.07) is 7.68. The number of methoxy groups -OCH3 is 1. The summed E-state index contributed by atoms with van der Waals surface area (Å²) in [7, 11) is 3.55. The number of anilines is 1. The molecule has 1 atom stereocenters. The number of benzene rings is 1. The molecule has 0 bridgehead atoms. The van der Waals surface area contributed by atoms with Crippen molar-refractivity contribution in [1.29, 1.82) is 0 Å². The Morgan fingerprint density at radius 2 is 2.19 bits per heavy atom. The van der Waals surface area contributed by atoms with Gasteiger partial charge in [0.1, 0.15) is 5.75 Å². The van der Waals surface area contributed by atoms with Crippen LogP contribution in [0.3, 0.4) is 0 Å². The van der Waals surface area contributed by atoms with Gasteiger partial charge in [-0.1, -0.05) is 12.1 Å². The number of carbonyl (C=O) groups excluding carboxylic acids is 1. The fourth-order valence-electron chi connectivity index (χ4n) is 1.36. The summed E-state index contributed by atoms with van der Waals surface area (Å²) >= 11 is 0. The van der Waals surface area contributed by atoms with Gasteiger partial charge in [0.15, 0.2) is 0 Å². The molecule has 1 rings (SSSR count). The minimum Gasteiger partial charge on any atom is -0.495 e. The van der Waals surface area contributed by atoms with Crippen LogP contribution in [0.15, 0.2) is 24.3 Å². The predicted octanol–water partition coefficient (Wildman–Crippen LogP) is 0.606. The number of amides is 1. The highest BCUT2D eigenvalue weighted by molar-refractivity contribution is 5.92. The van der Waals surface area contributed by atoms with Gasteiger partial charge in [-0.15, -0.1) is 0 Å². The van der Waals surface area contributed by atoms with Gasteiger partial charge in [-0.05, 0) is 19.1 Å². The highest BCUT2D eigenvalue weighted by Crippen LogP contribution is 2.22. The number of ether oxygens (including phenoxy) is 1. The van der Waals surface area contributed by atoms with Gasteiger partial charge in [0, 0.05) is 0 Å². The smallest absolute Gasteiger partial charge is 0.230 e. The lowest BCUT2D eigenvalue weighted by atomic mass is 10.2. The van der Waals surface area contributed by atoms with Gasteiger partial charge in [0.2, 0.25) is 5.91 Å². The molecule has 0 fully saturated rings. The fourth-order valence-corrected chi connectivity index (χ4v) is 1.36. The Labute approximate surface area is 96.0 Å². The van der Waals surface area contributed by atoms with Gasteiger partial charge in [-0.2, -0.15) is 0 Å². The molecule has 0 saturated carbocycles. The Morgan fingerprint density at radius 3 is 2.81 bits per heavy atom. The van der Waals surface area contributed by atoms with Crippen molar-refractivity contribution >= 4 is 11.6 Å². The lowest BCUT2D eigenvalue weighted by Crippen LogP contribution is -2.85. The van der Waals surface area contributed by atoms with Crippen molar-refractivity contribution in [3.05, 3.63) is 24.3 Å². The van der Waals surface area contributed by atoms with Crippen LogP contribution in [-0.4, -0.2) is 26.1 Å². The van der Waals surface area contributed by atoms with E-state index in [4.69, 9.17) is 4.74 Å². The number of hydrogen-bond donors (Lipinski definition) is 2. The topological polar surface area (TPSA) is 54.9 Å². The van der Waals surface area contributed by atoms with Crippen molar-refractivity contribution in [1.82, 2.24) is 0 Å². The van der Waals surface area contributed by atoms with E-state index in [0.717, 1.165) is 5.69 Å². The van der Waals surface area contributed by atoms with Gasteiger partial charge in [-0.25, -0.2) is 0 Å². The summed E-state index contributed by atoms with van der Waals surface area (Å²) in [5, 5.41) is 4.86. The van der Waals surface area contributed by atoms with Crippen LogP contribution < -0.4 is 15.4 Å². The Hall–Kier alpha value is -1.55. The average molecular weight is 223 g/mol. The molecule has 1 aromatic carbocycles. The van der Waals surface area contributed by atoms with E-state index in [2.05, 4.69) is 5.32 Å². The minimum absolute atomic E-state index is 0.00935. The Balaban J connectivity index is 2.62. The third-order valence-corrected chi connectivity index (χ3v) is 2.46. The first-order valence-corrected chi connectivity index (χ1v) is 5.39. The minimum atomic E-state index is 0.00935. The maximum atomic E-state index is 11.7. The first kappa shape index (κ1) is 12.5.